The molecule has 1 saturated heterocycles. The van der Waals surface area contributed by atoms with E-state index < -0.39 is 11.7 Å². The zero-order valence-corrected chi connectivity index (χ0v) is 13.2. The summed E-state index contributed by atoms with van der Waals surface area (Å²) in [7, 11) is 0. The molecule has 4 nitrogen and oxygen atoms in total. The van der Waals surface area contributed by atoms with E-state index in [1.165, 1.54) is 12.1 Å². The highest BCUT2D eigenvalue weighted by molar-refractivity contribution is 5.97. The second-order valence-electron chi connectivity index (χ2n) is 5.95. The van der Waals surface area contributed by atoms with Crippen LogP contribution in [0.25, 0.3) is 0 Å². The minimum absolute atomic E-state index is 0.0281. The number of amides is 2. The number of likely N-dealkylation sites (tertiary alicyclic amines) is 1. The van der Waals surface area contributed by atoms with E-state index in [0.717, 1.165) is 12.0 Å². The number of halogens is 1. The first-order valence-electron chi connectivity index (χ1n) is 8.00. The van der Waals surface area contributed by atoms with E-state index in [0.29, 0.717) is 13.1 Å². The molecule has 0 aliphatic carbocycles. The molecular formula is C19H19FN2O2. The Morgan fingerprint density at radius 3 is 2.58 bits per heavy atom. The van der Waals surface area contributed by atoms with Crippen LogP contribution < -0.4 is 5.32 Å². The first-order chi connectivity index (χ1) is 11.6. The lowest BCUT2D eigenvalue weighted by Gasteiger charge is -2.16. The lowest BCUT2D eigenvalue weighted by atomic mass is 10.1. The van der Waals surface area contributed by atoms with Gasteiger partial charge in [-0.3, -0.25) is 9.59 Å². The molecule has 5 heteroatoms. The van der Waals surface area contributed by atoms with E-state index in [-0.39, 0.29) is 23.9 Å². The number of benzene rings is 2. The van der Waals surface area contributed by atoms with Crippen molar-refractivity contribution >= 4 is 17.5 Å². The fourth-order valence-electron chi connectivity index (χ4n) is 2.87. The number of rotatable bonds is 5. The highest BCUT2D eigenvalue weighted by Crippen LogP contribution is 2.21. The molecule has 2 aromatic rings. The molecule has 2 aromatic carbocycles. The molecule has 2 amide bonds. The number of para-hydroxylation sites is 1. The summed E-state index contributed by atoms with van der Waals surface area (Å²) in [6, 6.07) is 15.9. The van der Waals surface area contributed by atoms with Gasteiger partial charge in [0.05, 0.1) is 11.6 Å². The third-order valence-corrected chi connectivity index (χ3v) is 4.23. The second kappa shape index (κ2) is 7.25. The number of hydrogen-bond donors (Lipinski definition) is 1. The Bertz CT molecular complexity index is 733. The van der Waals surface area contributed by atoms with E-state index >= 15 is 0 Å². The van der Waals surface area contributed by atoms with Crippen LogP contribution in [0, 0.1) is 11.7 Å². The van der Waals surface area contributed by atoms with Gasteiger partial charge in [-0.2, -0.15) is 0 Å². The maximum absolute atomic E-state index is 13.6. The van der Waals surface area contributed by atoms with Crippen LogP contribution in [0.4, 0.5) is 10.1 Å². The lowest BCUT2D eigenvalue weighted by molar-refractivity contribution is -0.128. The predicted octanol–water partition coefficient (Wildman–Crippen LogP) is 2.86. The Kier molecular flexibility index (Phi) is 4.89. The van der Waals surface area contributed by atoms with Gasteiger partial charge in [-0.05, 0) is 24.1 Å². The van der Waals surface area contributed by atoms with Gasteiger partial charge in [0.1, 0.15) is 5.82 Å². The maximum atomic E-state index is 13.6. The van der Waals surface area contributed by atoms with Gasteiger partial charge >= 0.3 is 0 Å². The van der Waals surface area contributed by atoms with E-state index in [2.05, 4.69) is 5.32 Å². The first-order valence-corrected chi connectivity index (χ1v) is 8.00. The predicted molar refractivity (Wildman–Crippen MR) is 89.9 cm³/mol. The Morgan fingerprint density at radius 1 is 1.12 bits per heavy atom. The molecule has 1 fully saturated rings. The van der Waals surface area contributed by atoms with Crippen LogP contribution in [0.3, 0.4) is 0 Å². The second-order valence-corrected chi connectivity index (χ2v) is 5.95. The molecule has 1 unspecified atom stereocenters. The maximum Gasteiger partial charge on any atom is 0.229 e. The Balaban J connectivity index is 1.56. The van der Waals surface area contributed by atoms with Crippen molar-refractivity contribution in [1.82, 2.24) is 4.90 Å². The zero-order chi connectivity index (χ0) is 16.9. The number of carbonyl (C=O) groups is 2. The van der Waals surface area contributed by atoms with E-state index in [1.54, 1.807) is 17.0 Å². The highest BCUT2D eigenvalue weighted by atomic mass is 19.1. The van der Waals surface area contributed by atoms with Crippen molar-refractivity contribution in [3.05, 3.63) is 66.0 Å². The van der Waals surface area contributed by atoms with Crippen LogP contribution in [0.15, 0.2) is 54.6 Å². The van der Waals surface area contributed by atoms with E-state index in [1.807, 2.05) is 30.3 Å². The van der Waals surface area contributed by atoms with Gasteiger partial charge in [0, 0.05) is 19.5 Å². The minimum atomic E-state index is -0.476. The van der Waals surface area contributed by atoms with Crippen molar-refractivity contribution in [2.45, 2.75) is 12.8 Å². The highest BCUT2D eigenvalue weighted by Gasteiger charge is 2.34. The lowest BCUT2D eigenvalue weighted by Crippen LogP contribution is -2.30. The molecule has 0 radical (unpaired) electrons. The van der Waals surface area contributed by atoms with Crippen LogP contribution in [-0.4, -0.2) is 29.8 Å². The summed E-state index contributed by atoms with van der Waals surface area (Å²) >= 11 is 0. The van der Waals surface area contributed by atoms with Gasteiger partial charge in [-0.1, -0.05) is 42.5 Å². The Hall–Kier alpha value is -2.69. The standard InChI is InChI=1S/C19H19FN2O2/c20-16-8-4-5-9-17(16)21-19(24)15-12-18(23)22(13-15)11-10-14-6-2-1-3-7-14/h1-9,15H,10-13H2,(H,21,24). The molecule has 1 aliphatic rings. The molecule has 124 valence electrons. The number of carbonyl (C=O) groups excluding carboxylic acids is 2. The van der Waals surface area contributed by atoms with Crippen LogP contribution in [-0.2, 0) is 16.0 Å². The normalized spacial score (nSPS) is 17.1. The summed E-state index contributed by atoms with van der Waals surface area (Å²) in [5.41, 5.74) is 1.31. The zero-order valence-electron chi connectivity index (χ0n) is 13.2. The van der Waals surface area contributed by atoms with Crippen molar-refractivity contribution < 1.29 is 14.0 Å². The summed E-state index contributed by atoms with van der Waals surface area (Å²) < 4.78 is 13.6. The molecule has 0 saturated carbocycles. The first kappa shape index (κ1) is 16.2. The third-order valence-electron chi connectivity index (χ3n) is 4.23. The largest absolute Gasteiger partial charge is 0.342 e. The van der Waals surface area contributed by atoms with Gasteiger partial charge in [-0.25, -0.2) is 4.39 Å². The average molecular weight is 326 g/mol. The number of nitrogens with one attached hydrogen (secondary N) is 1. The van der Waals surface area contributed by atoms with E-state index in [9.17, 15) is 14.0 Å². The Morgan fingerprint density at radius 2 is 1.83 bits per heavy atom. The number of nitrogens with zero attached hydrogens (tertiary/aromatic N) is 1. The fraction of sp³-hybridized carbons (Fsp3) is 0.263. The number of hydrogen-bond acceptors (Lipinski definition) is 2. The molecular weight excluding hydrogens is 307 g/mol. The molecule has 1 heterocycles. The summed E-state index contributed by atoms with van der Waals surface area (Å²) in [4.78, 5) is 26.1. The van der Waals surface area contributed by atoms with Crippen molar-refractivity contribution in [3.63, 3.8) is 0 Å². The summed E-state index contributed by atoms with van der Waals surface area (Å²) in [6.45, 7) is 0.971. The molecule has 0 bridgehead atoms. The van der Waals surface area contributed by atoms with Crippen LogP contribution in [0.1, 0.15) is 12.0 Å². The van der Waals surface area contributed by atoms with Crippen molar-refractivity contribution in [1.29, 1.82) is 0 Å². The molecule has 1 aliphatic heterocycles. The van der Waals surface area contributed by atoms with Gasteiger partial charge in [0.2, 0.25) is 11.8 Å². The molecule has 1 N–H and O–H groups in total. The summed E-state index contributed by atoms with van der Waals surface area (Å²) in [5.74, 6) is -1.25. The molecule has 0 aromatic heterocycles. The summed E-state index contributed by atoms with van der Waals surface area (Å²) in [6.07, 6.45) is 0.934. The van der Waals surface area contributed by atoms with Crippen LogP contribution in [0.2, 0.25) is 0 Å². The quantitative estimate of drug-likeness (QED) is 0.918. The van der Waals surface area contributed by atoms with Crippen LogP contribution >= 0.6 is 0 Å². The average Bonchev–Trinajstić information content (AvgIpc) is 2.97. The molecule has 24 heavy (non-hydrogen) atoms. The van der Waals surface area contributed by atoms with Crippen LogP contribution in [0.5, 0.6) is 0 Å². The van der Waals surface area contributed by atoms with Gasteiger partial charge in [0.25, 0.3) is 0 Å². The third kappa shape index (κ3) is 3.79. The SMILES string of the molecule is O=C(Nc1ccccc1F)C1CC(=O)N(CCc2ccccc2)C1. The van der Waals surface area contributed by atoms with Crippen molar-refractivity contribution in [3.8, 4) is 0 Å². The molecule has 0 spiro atoms. The van der Waals surface area contributed by atoms with Gasteiger partial charge in [0.15, 0.2) is 0 Å². The molecule has 3 rings (SSSR count). The van der Waals surface area contributed by atoms with Gasteiger partial charge in [-0.15, -0.1) is 0 Å². The Labute approximate surface area is 140 Å². The van der Waals surface area contributed by atoms with Gasteiger partial charge < -0.3 is 10.2 Å². The number of anilines is 1. The fourth-order valence-corrected chi connectivity index (χ4v) is 2.87. The van der Waals surface area contributed by atoms with Crippen molar-refractivity contribution in [2.75, 3.05) is 18.4 Å². The van der Waals surface area contributed by atoms with Crippen molar-refractivity contribution in [2.24, 2.45) is 5.92 Å². The smallest absolute Gasteiger partial charge is 0.229 e. The molecule has 1 atom stereocenters. The minimum Gasteiger partial charge on any atom is -0.342 e. The summed E-state index contributed by atoms with van der Waals surface area (Å²) in [5, 5.41) is 2.57. The monoisotopic (exact) mass is 326 g/mol. The van der Waals surface area contributed by atoms with E-state index in [4.69, 9.17) is 0 Å². The topological polar surface area (TPSA) is 49.4 Å².